The van der Waals surface area contributed by atoms with Crippen LogP contribution in [0.1, 0.15) is 11.1 Å². The predicted octanol–water partition coefficient (Wildman–Crippen LogP) is 2.81. The van der Waals surface area contributed by atoms with Gasteiger partial charge in [0.05, 0.1) is 0 Å². The van der Waals surface area contributed by atoms with E-state index < -0.39 is 11.8 Å². The summed E-state index contributed by atoms with van der Waals surface area (Å²) in [5, 5.41) is 8.49. The number of aliphatic carboxylic acids is 1. The number of carboxylic acid groups (broad SMARTS) is 1. The van der Waals surface area contributed by atoms with Gasteiger partial charge in [0, 0.05) is 30.1 Å². The average molecular weight is 274 g/mol. The molecule has 0 aliphatic carbocycles. The van der Waals surface area contributed by atoms with Crippen LogP contribution in [0.25, 0.3) is 6.08 Å². The van der Waals surface area contributed by atoms with Crippen molar-refractivity contribution in [2.24, 2.45) is 0 Å². The molecule has 6 heteroatoms. The molecule has 2 aromatic rings. The number of ether oxygens (including phenoxy) is 1. The van der Waals surface area contributed by atoms with Gasteiger partial charge in [-0.3, -0.25) is 0 Å². The molecular weight excluding hydrogens is 263 g/mol. The molecule has 0 saturated carbocycles. The van der Waals surface area contributed by atoms with Gasteiger partial charge in [0.15, 0.2) is 0 Å². The van der Waals surface area contributed by atoms with Crippen molar-refractivity contribution in [1.29, 1.82) is 0 Å². The largest absolute Gasteiger partial charge is 0.478 e. The van der Waals surface area contributed by atoms with Gasteiger partial charge in [-0.25, -0.2) is 19.2 Å². The lowest BCUT2D eigenvalue weighted by Crippen LogP contribution is -1.94. The molecule has 20 heavy (non-hydrogen) atoms. The molecule has 0 aliphatic rings. The summed E-state index contributed by atoms with van der Waals surface area (Å²) in [7, 11) is 0. The quantitative estimate of drug-likeness (QED) is 0.868. The number of hydrogen-bond acceptors (Lipinski definition) is 4. The van der Waals surface area contributed by atoms with E-state index in [-0.39, 0.29) is 6.01 Å². The summed E-state index contributed by atoms with van der Waals surface area (Å²) in [6, 6.07) is 4.24. The zero-order valence-electron chi connectivity index (χ0n) is 10.6. The highest BCUT2D eigenvalue weighted by Crippen LogP contribution is 2.23. The van der Waals surface area contributed by atoms with Gasteiger partial charge in [-0.15, -0.1) is 0 Å². The van der Waals surface area contributed by atoms with Crippen LogP contribution in [0.4, 0.5) is 4.39 Å². The number of aryl methyl sites for hydroxylation is 1. The first-order valence-electron chi connectivity index (χ1n) is 5.71. The number of carbonyl (C=O) groups is 1. The molecule has 1 N–H and O–H groups in total. The SMILES string of the molecule is Cc1ccc(F)cc1Oc1ncc(/C=C/C(=O)O)cn1. The topological polar surface area (TPSA) is 72.3 Å². The molecule has 0 unspecified atom stereocenters. The Bertz CT molecular complexity index is 654. The Labute approximate surface area is 114 Å². The molecule has 102 valence electrons. The Kier molecular flexibility index (Phi) is 4.05. The van der Waals surface area contributed by atoms with Crippen LogP contribution in [0, 0.1) is 12.7 Å². The molecule has 0 spiro atoms. The first-order valence-corrected chi connectivity index (χ1v) is 5.71. The second-order valence-electron chi connectivity index (χ2n) is 3.98. The van der Waals surface area contributed by atoms with Crippen LogP contribution in [0.2, 0.25) is 0 Å². The fourth-order valence-electron chi connectivity index (χ4n) is 1.41. The fraction of sp³-hybridized carbons (Fsp3) is 0.0714. The van der Waals surface area contributed by atoms with Crippen molar-refractivity contribution in [3.63, 3.8) is 0 Å². The first-order chi connectivity index (χ1) is 9.54. The van der Waals surface area contributed by atoms with E-state index >= 15 is 0 Å². The lowest BCUT2D eigenvalue weighted by Gasteiger charge is -2.06. The minimum absolute atomic E-state index is 0.0613. The number of halogens is 1. The van der Waals surface area contributed by atoms with Crippen molar-refractivity contribution in [3.8, 4) is 11.8 Å². The van der Waals surface area contributed by atoms with Crippen molar-refractivity contribution in [2.75, 3.05) is 0 Å². The monoisotopic (exact) mass is 274 g/mol. The summed E-state index contributed by atoms with van der Waals surface area (Å²) in [6.07, 6.45) is 5.17. The van der Waals surface area contributed by atoms with Crippen molar-refractivity contribution < 1.29 is 19.0 Å². The standard InChI is InChI=1S/C14H11FN2O3/c1-9-2-4-11(15)6-12(9)20-14-16-7-10(8-17-14)3-5-13(18)19/h2-8H,1H3,(H,18,19)/b5-3+. The molecule has 1 heterocycles. The Morgan fingerprint density at radius 3 is 2.70 bits per heavy atom. The lowest BCUT2D eigenvalue weighted by atomic mass is 10.2. The number of rotatable bonds is 4. The van der Waals surface area contributed by atoms with Gasteiger partial charge in [0.1, 0.15) is 11.6 Å². The Morgan fingerprint density at radius 2 is 2.05 bits per heavy atom. The van der Waals surface area contributed by atoms with E-state index in [4.69, 9.17) is 9.84 Å². The summed E-state index contributed by atoms with van der Waals surface area (Å²) in [6.45, 7) is 1.78. The van der Waals surface area contributed by atoms with Gasteiger partial charge in [-0.1, -0.05) is 6.07 Å². The van der Waals surface area contributed by atoms with Gasteiger partial charge in [0.2, 0.25) is 0 Å². The van der Waals surface area contributed by atoms with E-state index in [1.165, 1.54) is 30.6 Å². The summed E-state index contributed by atoms with van der Waals surface area (Å²) < 4.78 is 18.5. The van der Waals surface area contributed by atoms with E-state index in [0.717, 1.165) is 11.6 Å². The van der Waals surface area contributed by atoms with E-state index in [2.05, 4.69) is 9.97 Å². The van der Waals surface area contributed by atoms with Gasteiger partial charge < -0.3 is 9.84 Å². The lowest BCUT2D eigenvalue weighted by molar-refractivity contribution is -0.131. The molecule has 0 radical (unpaired) electrons. The molecule has 0 saturated heterocycles. The van der Waals surface area contributed by atoms with Crippen molar-refractivity contribution in [1.82, 2.24) is 9.97 Å². The van der Waals surface area contributed by atoms with Gasteiger partial charge in [0.25, 0.3) is 0 Å². The second-order valence-corrected chi connectivity index (χ2v) is 3.98. The van der Waals surface area contributed by atoms with Crippen LogP contribution in [0.15, 0.2) is 36.7 Å². The van der Waals surface area contributed by atoms with Crippen LogP contribution in [-0.2, 0) is 4.79 Å². The van der Waals surface area contributed by atoms with E-state index in [1.807, 2.05) is 0 Å². The Balaban J connectivity index is 2.14. The van der Waals surface area contributed by atoms with Gasteiger partial charge >= 0.3 is 12.0 Å². The molecule has 0 bridgehead atoms. The Morgan fingerprint density at radius 1 is 1.35 bits per heavy atom. The molecular formula is C14H11FN2O3. The number of benzene rings is 1. The molecule has 1 aromatic heterocycles. The maximum atomic E-state index is 13.1. The van der Waals surface area contributed by atoms with E-state index in [0.29, 0.717) is 11.3 Å². The highest BCUT2D eigenvalue weighted by Gasteiger charge is 2.05. The summed E-state index contributed by atoms with van der Waals surface area (Å²) in [5.74, 6) is -1.13. The van der Waals surface area contributed by atoms with Gasteiger partial charge in [-0.2, -0.15) is 0 Å². The number of nitrogens with zero attached hydrogens (tertiary/aromatic N) is 2. The van der Waals surface area contributed by atoms with E-state index in [9.17, 15) is 9.18 Å². The third-order valence-electron chi connectivity index (χ3n) is 2.42. The van der Waals surface area contributed by atoms with E-state index in [1.54, 1.807) is 13.0 Å². The minimum atomic E-state index is -1.05. The second kappa shape index (κ2) is 5.92. The molecule has 2 rings (SSSR count). The molecule has 0 atom stereocenters. The predicted molar refractivity (Wildman–Crippen MR) is 69.9 cm³/mol. The summed E-state index contributed by atoms with van der Waals surface area (Å²) >= 11 is 0. The third-order valence-corrected chi connectivity index (χ3v) is 2.42. The third kappa shape index (κ3) is 3.61. The summed E-state index contributed by atoms with van der Waals surface area (Å²) in [4.78, 5) is 18.2. The fourth-order valence-corrected chi connectivity index (χ4v) is 1.41. The summed E-state index contributed by atoms with van der Waals surface area (Å²) in [5.41, 5.74) is 1.28. The molecule has 0 aliphatic heterocycles. The minimum Gasteiger partial charge on any atom is -0.478 e. The van der Waals surface area contributed by atoms with Crippen molar-refractivity contribution in [3.05, 3.63) is 53.6 Å². The number of aromatic nitrogens is 2. The zero-order chi connectivity index (χ0) is 14.5. The highest BCUT2D eigenvalue weighted by molar-refractivity contribution is 5.85. The maximum Gasteiger partial charge on any atom is 0.328 e. The van der Waals surface area contributed by atoms with Crippen LogP contribution >= 0.6 is 0 Å². The van der Waals surface area contributed by atoms with Crippen molar-refractivity contribution in [2.45, 2.75) is 6.92 Å². The molecule has 1 aromatic carbocycles. The average Bonchev–Trinajstić information content (AvgIpc) is 2.42. The highest BCUT2D eigenvalue weighted by atomic mass is 19.1. The van der Waals surface area contributed by atoms with Crippen LogP contribution in [0.3, 0.4) is 0 Å². The number of carboxylic acids is 1. The first kappa shape index (κ1) is 13.7. The molecule has 0 fully saturated rings. The van der Waals surface area contributed by atoms with Crippen molar-refractivity contribution >= 4 is 12.0 Å². The Hall–Kier alpha value is -2.76. The number of hydrogen-bond donors (Lipinski definition) is 1. The maximum absolute atomic E-state index is 13.1. The molecule has 5 nitrogen and oxygen atoms in total. The van der Waals surface area contributed by atoms with Gasteiger partial charge in [-0.05, 0) is 24.6 Å². The molecule has 0 amide bonds. The zero-order valence-corrected chi connectivity index (χ0v) is 10.6. The smallest absolute Gasteiger partial charge is 0.328 e. The van der Waals surface area contributed by atoms with Crippen LogP contribution < -0.4 is 4.74 Å². The van der Waals surface area contributed by atoms with Crippen LogP contribution in [-0.4, -0.2) is 21.0 Å². The van der Waals surface area contributed by atoms with Crippen LogP contribution in [0.5, 0.6) is 11.8 Å². The normalized spacial score (nSPS) is 10.7.